The minimum atomic E-state index is 0.0774. The monoisotopic (exact) mass is 236 g/mol. The van der Waals surface area contributed by atoms with E-state index in [4.69, 9.17) is 16.0 Å². The smallest absolute Gasteiger partial charge is 0.126 e. The number of anilines is 1. The molecule has 0 aromatic carbocycles. The van der Waals surface area contributed by atoms with Crippen molar-refractivity contribution in [2.24, 2.45) is 0 Å². The number of aryl methyl sites for hydroxylation is 1. The molecule has 0 aliphatic heterocycles. The van der Waals surface area contributed by atoms with Crippen molar-refractivity contribution < 1.29 is 4.42 Å². The normalized spacial score (nSPS) is 12.4. The van der Waals surface area contributed by atoms with Gasteiger partial charge in [0, 0.05) is 12.4 Å². The molecule has 2 heterocycles. The summed E-state index contributed by atoms with van der Waals surface area (Å²) in [7, 11) is 0. The number of hydrogen-bond donors (Lipinski definition) is 1. The van der Waals surface area contributed by atoms with Crippen molar-refractivity contribution in [1.82, 2.24) is 4.98 Å². The summed E-state index contributed by atoms with van der Waals surface area (Å²) in [4.78, 5) is 3.93. The van der Waals surface area contributed by atoms with E-state index < -0.39 is 0 Å². The van der Waals surface area contributed by atoms with Crippen LogP contribution in [0.3, 0.4) is 0 Å². The minimum absolute atomic E-state index is 0.0774. The van der Waals surface area contributed by atoms with Gasteiger partial charge in [-0.05, 0) is 32.0 Å². The molecule has 2 rings (SSSR count). The Kier molecular flexibility index (Phi) is 3.15. The topological polar surface area (TPSA) is 38.1 Å². The molecule has 0 radical (unpaired) electrons. The first-order chi connectivity index (χ1) is 7.66. The quantitative estimate of drug-likeness (QED) is 0.881. The molecular weight excluding hydrogens is 224 g/mol. The standard InChI is InChI=1S/C12H13ClN2O/c1-8-3-4-12(16-8)9(2)15-11-5-6-14-7-10(11)13/h3-7,9H,1-2H3,(H,14,15). The molecule has 1 unspecified atom stereocenters. The van der Waals surface area contributed by atoms with Crippen LogP contribution < -0.4 is 5.32 Å². The summed E-state index contributed by atoms with van der Waals surface area (Å²) < 4.78 is 5.54. The van der Waals surface area contributed by atoms with Crippen molar-refractivity contribution in [2.75, 3.05) is 5.32 Å². The molecule has 1 atom stereocenters. The molecule has 0 spiro atoms. The average Bonchev–Trinajstić information content (AvgIpc) is 2.68. The van der Waals surface area contributed by atoms with E-state index >= 15 is 0 Å². The zero-order valence-electron chi connectivity index (χ0n) is 9.20. The molecule has 3 nitrogen and oxygen atoms in total. The van der Waals surface area contributed by atoms with E-state index in [-0.39, 0.29) is 6.04 Å². The molecule has 0 saturated heterocycles. The fourth-order valence-corrected chi connectivity index (χ4v) is 1.66. The van der Waals surface area contributed by atoms with E-state index in [1.165, 1.54) is 0 Å². The number of nitrogens with one attached hydrogen (secondary N) is 1. The third-order valence-electron chi connectivity index (χ3n) is 2.33. The number of nitrogens with zero attached hydrogens (tertiary/aromatic N) is 1. The van der Waals surface area contributed by atoms with Gasteiger partial charge in [-0.25, -0.2) is 0 Å². The lowest BCUT2D eigenvalue weighted by molar-refractivity contribution is 0.467. The number of hydrogen-bond acceptors (Lipinski definition) is 3. The van der Waals surface area contributed by atoms with Gasteiger partial charge in [-0.2, -0.15) is 0 Å². The van der Waals surface area contributed by atoms with Crippen LogP contribution in [-0.2, 0) is 0 Å². The summed E-state index contributed by atoms with van der Waals surface area (Å²) in [5, 5.41) is 3.88. The van der Waals surface area contributed by atoms with Crippen molar-refractivity contribution >= 4 is 17.3 Å². The Bertz CT molecular complexity index is 481. The Morgan fingerprint density at radius 2 is 2.19 bits per heavy atom. The molecule has 0 aliphatic carbocycles. The summed E-state index contributed by atoms with van der Waals surface area (Å²) in [5.41, 5.74) is 0.859. The molecule has 16 heavy (non-hydrogen) atoms. The summed E-state index contributed by atoms with van der Waals surface area (Å²) in [6.07, 6.45) is 3.32. The molecule has 0 saturated carbocycles. The molecule has 2 aromatic rings. The lowest BCUT2D eigenvalue weighted by atomic mass is 10.2. The molecule has 0 fully saturated rings. The first kappa shape index (κ1) is 11.0. The van der Waals surface area contributed by atoms with Crippen LogP contribution in [0.2, 0.25) is 5.02 Å². The summed E-state index contributed by atoms with van der Waals surface area (Å²) in [5.74, 6) is 1.80. The Morgan fingerprint density at radius 1 is 1.38 bits per heavy atom. The first-order valence-corrected chi connectivity index (χ1v) is 5.47. The van der Waals surface area contributed by atoms with E-state index in [9.17, 15) is 0 Å². The highest BCUT2D eigenvalue weighted by Gasteiger charge is 2.10. The SMILES string of the molecule is Cc1ccc(C(C)Nc2ccncc2Cl)o1. The second-order valence-electron chi connectivity index (χ2n) is 3.67. The highest BCUT2D eigenvalue weighted by molar-refractivity contribution is 6.33. The average molecular weight is 237 g/mol. The van der Waals surface area contributed by atoms with Gasteiger partial charge in [0.05, 0.1) is 16.8 Å². The summed E-state index contributed by atoms with van der Waals surface area (Å²) in [6.45, 7) is 3.95. The summed E-state index contributed by atoms with van der Waals surface area (Å²) in [6, 6.07) is 5.83. The van der Waals surface area contributed by atoms with Gasteiger partial charge in [-0.1, -0.05) is 11.6 Å². The Morgan fingerprint density at radius 3 is 2.81 bits per heavy atom. The second kappa shape index (κ2) is 4.58. The lowest BCUT2D eigenvalue weighted by Crippen LogP contribution is -2.05. The van der Waals surface area contributed by atoms with Gasteiger partial charge < -0.3 is 9.73 Å². The van der Waals surface area contributed by atoms with Gasteiger partial charge in [-0.15, -0.1) is 0 Å². The van der Waals surface area contributed by atoms with Crippen molar-refractivity contribution in [3.05, 3.63) is 47.1 Å². The van der Waals surface area contributed by atoms with Gasteiger partial charge >= 0.3 is 0 Å². The van der Waals surface area contributed by atoms with Crippen LogP contribution in [0.4, 0.5) is 5.69 Å². The van der Waals surface area contributed by atoms with Crippen molar-refractivity contribution in [3.63, 3.8) is 0 Å². The Hall–Kier alpha value is -1.48. The third-order valence-corrected chi connectivity index (χ3v) is 2.63. The van der Waals surface area contributed by atoms with E-state index in [1.54, 1.807) is 12.4 Å². The summed E-state index contributed by atoms with van der Waals surface area (Å²) >= 11 is 6.01. The number of halogens is 1. The van der Waals surface area contributed by atoms with Gasteiger partial charge in [0.1, 0.15) is 11.5 Å². The highest BCUT2D eigenvalue weighted by Crippen LogP contribution is 2.25. The maximum absolute atomic E-state index is 6.01. The van der Waals surface area contributed by atoms with Crippen LogP contribution in [0.25, 0.3) is 0 Å². The molecule has 84 valence electrons. The van der Waals surface area contributed by atoms with Crippen LogP contribution in [0.1, 0.15) is 24.5 Å². The number of rotatable bonds is 3. The van der Waals surface area contributed by atoms with Crippen molar-refractivity contribution in [2.45, 2.75) is 19.9 Å². The fraction of sp³-hybridized carbons (Fsp3) is 0.250. The Balaban J connectivity index is 2.13. The van der Waals surface area contributed by atoms with Gasteiger partial charge in [0.2, 0.25) is 0 Å². The first-order valence-electron chi connectivity index (χ1n) is 5.09. The van der Waals surface area contributed by atoms with Gasteiger partial charge in [0.15, 0.2) is 0 Å². The van der Waals surface area contributed by atoms with Crippen LogP contribution >= 0.6 is 11.6 Å². The van der Waals surface area contributed by atoms with Crippen LogP contribution in [-0.4, -0.2) is 4.98 Å². The zero-order chi connectivity index (χ0) is 11.5. The lowest BCUT2D eigenvalue weighted by Gasteiger charge is -2.13. The predicted octanol–water partition coefficient (Wildman–Crippen LogP) is 3.81. The van der Waals surface area contributed by atoms with Gasteiger partial charge in [0.25, 0.3) is 0 Å². The molecule has 2 aromatic heterocycles. The minimum Gasteiger partial charge on any atom is -0.464 e. The Labute approximate surface area is 99.5 Å². The maximum atomic E-state index is 6.01. The molecular formula is C12H13ClN2O. The van der Waals surface area contributed by atoms with E-state index in [1.807, 2.05) is 32.0 Å². The zero-order valence-corrected chi connectivity index (χ0v) is 9.95. The van der Waals surface area contributed by atoms with Crippen molar-refractivity contribution in [3.8, 4) is 0 Å². The molecule has 0 amide bonds. The predicted molar refractivity (Wildman–Crippen MR) is 64.7 cm³/mol. The van der Waals surface area contributed by atoms with Crippen LogP contribution in [0.15, 0.2) is 35.0 Å². The number of furan rings is 1. The molecule has 0 bridgehead atoms. The van der Waals surface area contributed by atoms with E-state index in [0.29, 0.717) is 5.02 Å². The molecule has 0 aliphatic rings. The van der Waals surface area contributed by atoms with Crippen LogP contribution in [0, 0.1) is 6.92 Å². The molecule has 4 heteroatoms. The largest absolute Gasteiger partial charge is 0.464 e. The van der Waals surface area contributed by atoms with E-state index in [0.717, 1.165) is 17.2 Å². The highest BCUT2D eigenvalue weighted by atomic mass is 35.5. The van der Waals surface area contributed by atoms with Crippen LogP contribution in [0.5, 0.6) is 0 Å². The van der Waals surface area contributed by atoms with Gasteiger partial charge in [-0.3, -0.25) is 4.98 Å². The van der Waals surface area contributed by atoms with E-state index in [2.05, 4.69) is 10.3 Å². The second-order valence-corrected chi connectivity index (χ2v) is 4.08. The number of pyridine rings is 1. The maximum Gasteiger partial charge on any atom is 0.126 e. The molecule has 1 N–H and O–H groups in total. The fourth-order valence-electron chi connectivity index (χ4n) is 1.48. The number of aromatic nitrogens is 1. The van der Waals surface area contributed by atoms with Crippen molar-refractivity contribution in [1.29, 1.82) is 0 Å². The third kappa shape index (κ3) is 2.36.